The van der Waals surface area contributed by atoms with Gasteiger partial charge in [0.1, 0.15) is 12.1 Å². The maximum atomic E-state index is 13.4. The molecule has 0 saturated heterocycles. The van der Waals surface area contributed by atoms with E-state index in [1.54, 1.807) is 0 Å². The quantitative estimate of drug-likeness (QED) is 0.0342. The second-order valence-corrected chi connectivity index (χ2v) is 20.2. The third kappa shape index (κ3) is 16.9. The highest BCUT2D eigenvalue weighted by Crippen LogP contribution is 2.39. The highest BCUT2D eigenvalue weighted by atomic mass is 32.1. The van der Waals surface area contributed by atoms with Gasteiger partial charge < -0.3 is 9.47 Å². The second-order valence-electron chi connectivity index (χ2n) is 18.1. The molecule has 6 nitrogen and oxygen atoms in total. The molecule has 0 atom stereocenters. The van der Waals surface area contributed by atoms with Crippen LogP contribution >= 0.6 is 22.7 Å². The molecule has 0 N–H and O–H groups in total. The number of nitrogens with zero attached hydrogens (tertiary/aromatic N) is 2. The van der Waals surface area contributed by atoms with Gasteiger partial charge in [-0.3, -0.25) is 0 Å². The van der Waals surface area contributed by atoms with E-state index in [4.69, 9.17) is 9.47 Å². The Morgan fingerprint density at radius 1 is 0.422 bits per heavy atom. The summed E-state index contributed by atoms with van der Waals surface area (Å²) >= 11 is 3.04. The Morgan fingerprint density at radius 3 is 1.03 bits per heavy atom. The Bertz CT molecular complexity index is 2080. The van der Waals surface area contributed by atoms with Crippen molar-refractivity contribution in [2.75, 3.05) is 13.2 Å². The largest absolute Gasteiger partial charge is 0.462 e. The van der Waals surface area contributed by atoms with E-state index in [1.807, 2.05) is 0 Å². The highest BCUT2D eigenvalue weighted by Gasteiger charge is 2.21. The van der Waals surface area contributed by atoms with Crippen molar-refractivity contribution < 1.29 is 19.1 Å². The second kappa shape index (κ2) is 31.2. The summed E-state index contributed by atoms with van der Waals surface area (Å²) in [7, 11) is 0. The Balaban J connectivity index is 1.77. The van der Waals surface area contributed by atoms with Gasteiger partial charge in [-0.1, -0.05) is 182 Å². The maximum Gasteiger partial charge on any atom is 0.350 e. The van der Waals surface area contributed by atoms with Gasteiger partial charge in [-0.2, -0.15) is 10.5 Å². The number of unbranched alkanes of at least 4 members (excludes halogenated alkanes) is 24. The van der Waals surface area contributed by atoms with Crippen molar-refractivity contribution in [3.63, 3.8) is 0 Å². The van der Waals surface area contributed by atoms with Crippen LogP contribution in [0.25, 0.3) is 42.1 Å². The lowest BCUT2D eigenvalue weighted by Gasteiger charge is -2.12. The first-order valence-electron chi connectivity index (χ1n) is 25.8. The molecular weight excluding hydrogens is 829 g/mol. The molecule has 0 bridgehead atoms. The van der Waals surface area contributed by atoms with E-state index in [0.29, 0.717) is 22.3 Å². The van der Waals surface area contributed by atoms with Crippen molar-refractivity contribution in [1.29, 1.82) is 10.5 Å². The molecule has 0 aliphatic rings. The minimum atomic E-state index is -0.546. The van der Waals surface area contributed by atoms with Gasteiger partial charge in [0.25, 0.3) is 0 Å². The SMILES string of the molecule is CCCCCCCCCCCCc1cc2c(cc(CCCCCCCCCCCC)c3c/c(=C(\C#N)C(=O)OCCCCCC)sc32)c2s/c(=C(/C#N)C(=O)OCCCCCC)cc12. The molecule has 0 aliphatic heterocycles. The average Bonchev–Trinajstić information content (AvgIpc) is 3.94. The number of esters is 2. The zero-order chi connectivity index (χ0) is 45.8. The van der Waals surface area contributed by atoms with E-state index < -0.39 is 11.9 Å². The van der Waals surface area contributed by atoms with Gasteiger partial charge in [-0.15, -0.1) is 22.7 Å². The minimum absolute atomic E-state index is 0.0706. The molecule has 2 aromatic heterocycles. The lowest BCUT2D eigenvalue weighted by atomic mass is 9.94. The molecule has 8 heteroatoms. The minimum Gasteiger partial charge on any atom is -0.462 e. The van der Waals surface area contributed by atoms with Crippen LogP contribution in [0.1, 0.15) is 219 Å². The molecule has 350 valence electrons. The highest BCUT2D eigenvalue weighted by molar-refractivity contribution is 7.19. The van der Waals surface area contributed by atoms with Gasteiger partial charge in [-0.05, 0) is 84.7 Å². The van der Waals surface area contributed by atoms with Crippen LogP contribution in [0, 0.1) is 22.7 Å². The number of fused-ring (bicyclic) bond motifs is 5. The van der Waals surface area contributed by atoms with Crippen molar-refractivity contribution in [2.45, 2.75) is 220 Å². The standard InChI is InChI=1S/C56H80N2O4S2/c1-5-9-13-17-19-21-23-25-27-29-33-43-37-47-48(53-45(43)39-51(63-53)49(41-57)55(59)61-35-31-15-11-7-3)38-44(34-30-28-26-24-22-20-18-14-10-6-2)46-40-52(64-54(46)47)50(42-58)56(60)62-36-32-16-12-8-4/h37-40H,5-36H2,1-4H3/b51-49-,52-50-. The van der Waals surface area contributed by atoms with Crippen LogP contribution in [-0.4, -0.2) is 25.2 Å². The van der Waals surface area contributed by atoms with Crippen LogP contribution in [-0.2, 0) is 31.9 Å². The lowest BCUT2D eigenvalue weighted by Crippen LogP contribution is -2.13. The molecule has 0 spiro atoms. The molecule has 0 aliphatic carbocycles. The number of carbonyl (C=O) groups excluding carboxylic acids is 2. The monoisotopic (exact) mass is 909 g/mol. The predicted molar refractivity (Wildman–Crippen MR) is 273 cm³/mol. The summed E-state index contributed by atoms with van der Waals surface area (Å²) < 4.78 is 14.8. The summed E-state index contributed by atoms with van der Waals surface area (Å²) in [5.41, 5.74) is 2.57. The van der Waals surface area contributed by atoms with Crippen molar-refractivity contribution in [2.24, 2.45) is 0 Å². The van der Waals surface area contributed by atoms with Crippen molar-refractivity contribution in [1.82, 2.24) is 0 Å². The summed E-state index contributed by atoms with van der Waals surface area (Å²) in [6.45, 7) is 9.47. The van der Waals surface area contributed by atoms with E-state index in [2.05, 4.69) is 64.1 Å². The summed E-state index contributed by atoms with van der Waals surface area (Å²) in [4.78, 5) is 26.9. The number of aryl methyl sites for hydroxylation is 2. The van der Waals surface area contributed by atoms with E-state index in [0.717, 1.165) is 121 Å². The first kappa shape index (κ1) is 52.9. The third-order valence-electron chi connectivity index (χ3n) is 12.8. The van der Waals surface area contributed by atoms with E-state index in [-0.39, 0.29) is 11.1 Å². The maximum absolute atomic E-state index is 13.4. The number of carbonyl (C=O) groups is 2. The van der Waals surface area contributed by atoms with Crippen LogP contribution in [0.3, 0.4) is 0 Å². The van der Waals surface area contributed by atoms with Gasteiger partial charge in [0.2, 0.25) is 0 Å². The predicted octanol–water partition coefficient (Wildman–Crippen LogP) is 15.8. The molecule has 0 fully saturated rings. The molecule has 4 aromatic rings. The fourth-order valence-corrected chi connectivity index (χ4v) is 11.3. The van der Waals surface area contributed by atoms with Crippen molar-refractivity contribution in [3.05, 3.63) is 44.5 Å². The summed E-state index contributed by atoms with van der Waals surface area (Å²) in [6.07, 6.45) is 35.0. The molecule has 2 aromatic carbocycles. The Hall–Kier alpha value is -3.72. The van der Waals surface area contributed by atoms with E-state index in [1.165, 1.54) is 137 Å². The molecule has 4 rings (SSSR count). The Kier molecular flexibility index (Phi) is 25.8. The molecule has 0 saturated carbocycles. The number of thiophene rings is 2. The molecule has 0 radical (unpaired) electrons. The number of ether oxygens (including phenoxy) is 2. The lowest BCUT2D eigenvalue weighted by molar-refractivity contribution is -0.137. The van der Waals surface area contributed by atoms with E-state index >= 15 is 0 Å². The summed E-state index contributed by atoms with van der Waals surface area (Å²) in [6, 6.07) is 13.2. The fourth-order valence-electron chi connectivity index (χ4n) is 8.89. The van der Waals surface area contributed by atoms with Crippen LogP contribution in [0.2, 0.25) is 0 Å². The van der Waals surface area contributed by atoms with Gasteiger partial charge >= 0.3 is 11.9 Å². The van der Waals surface area contributed by atoms with Crippen LogP contribution < -0.4 is 9.06 Å². The molecular formula is C56H80N2O4S2. The number of hydrogen-bond donors (Lipinski definition) is 0. The Labute approximate surface area is 394 Å². The van der Waals surface area contributed by atoms with Crippen LogP contribution in [0.5, 0.6) is 0 Å². The smallest absolute Gasteiger partial charge is 0.350 e. The molecule has 64 heavy (non-hydrogen) atoms. The van der Waals surface area contributed by atoms with Gasteiger partial charge in [0, 0.05) is 20.2 Å². The van der Waals surface area contributed by atoms with Gasteiger partial charge in [0.05, 0.1) is 22.3 Å². The summed E-state index contributed by atoms with van der Waals surface area (Å²) in [5, 5.41) is 25.2. The zero-order valence-electron chi connectivity index (χ0n) is 40.3. The number of rotatable bonds is 34. The summed E-state index contributed by atoms with van der Waals surface area (Å²) in [5.74, 6) is -1.09. The third-order valence-corrected chi connectivity index (χ3v) is 15.1. The van der Waals surface area contributed by atoms with Crippen molar-refractivity contribution >= 4 is 76.7 Å². The zero-order valence-corrected chi connectivity index (χ0v) is 41.9. The van der Waals surface area contributed by atoms with Crippen LogP contribution in [0.4, 0.5) is 0 Å². The average molecular weight is 909 g/mol. The first-order chi connectivity index (χ1) is 31.4. The van der Waals surface area contributed by atoms with Gasteiger partial charge in [-0.25, -0.2) is 9.59 Å². The molecule has 0 amide bonds. The molecule has 0 unspecified atom stereocenters. The molecule has 2 heterocycles. The Morgan fingerprint density at radius 2 is 0.719 bits per heavy atom. The normalized spacial score (nSPS) is 12.5. The van der Waals surface area contributed by atoms with Crippen LogP contribution in [0.15, 0.2) is 24.3 Å². The number of nitriles is 2. The van der Waals surface area contributed by atoms with Crippen molar-refractivity contribution in [3.8, 4) is 12.1 Å². The number of benzene rings is 2. The first-order valence-corrected chi connectivity index (χ1v) is 27.4. The van der Waals surface area contributed by atoms with E-state index in [9.17, 15) is 20.1 Å². The number of hydrogen-bond acceptors (Lipinski definition) is 8. The fraction of sp³-hybridized carbons (Fsp3) is 0.643. The van der Waals surface area contributed by atoms with Gasteiger partial charge in [0.15, 0.2) is 11.1 Å². The topological polar surface area (TPSA) is 100 Å².